The standard InChI is InChI=1S/C16H15N3O.Al/c1-2-19-15(12-8-4-3-5-9-12)17-18-16(19)13-10-6-7-11-14(13)20;/h3-11,20H,2H2,1H3;/q;+1/p-1. The Hall–Kier alpha value is -2.09. The number of hydrogen-bond donors (Lipinski definition) is 0. The van der Waals surface area contributed by atoms with E-state index in [1.165, 1.54) is 0 Å². The van der Waals surface area contributed by atoms with Crippen LogP contribution in [0.2, 0.25) is 0 Å². The summed E-state index contributed by atoms with van der Waals surface area (Å²) in [7, 11) is 0. The van der Waals surface area contributed by atoms with E-state index < -0.39 is 0 Å². The molecule has 0 fully saturated rings. The van der Waals surface area contributed by atoms with E-state index >= 15 is 0 Å². The Balaban J connectivity index is 2.15. The molecule has 21 heavy (non-hydrogen) atoms. The van der Waals surface area contributed by atoms with Gasteiger partial charge in [0.15, 0.2) is 11.6 Å². The minimum atomic E-state index is 0.768. The molecule has 3 rings (SSSR count). The molecular formula is C16H14AlN3O. The van der Waals surface area contributed by atoms with Gasteiger partial charge in [0.2, 0.25) is 0 Å². The Morgan fingerprint density at radius 1 is 0.952 bits per heavy atom. The average molecular weight is 291 g/mol. The summed E-state index contributed by atoms with van der Waals surface area (Å²) in [5, 5.41) is 8.73. The highest BCUT2D eigenvalue weighted by molar-refractivity contribution is 6.00. The van der Waals surface area contributed by atoms with Crippen LogP contribution in [0.1, 0.15) is 6.92 Å². The summed E-state index contributed by atoms with van der Waals surface area (Å²) in [4.78, 5) is 0. The largest absolute Gasteiger partial charge is 0.653 e. The van der Waals surface area contributed by atoms with Crippen molar-refractivity contribution in [3.8, 4) is 28.5 Å². The Kier molecular flexibility index (Phi) is 4.05. The lowest BCUT2D eigenvalue weighted by molar-refractivity contribution is 0.616. The summed E-state index contributed by atoms with van der Waals surface area (Å²) in [5.41, 5.74) is 1.99. The monoisotopic (exact) mass is 291 g/mol. The molecule has 1 heterocycles. The quantitative estimate of drug-likeness (QED) is 0.693. The summed E-state index contributed by atoms with van der Waals surface area (Å²) in [6, 6.07) is 17.9. The van der Waals surface area contributed by atoms with Crippen LogP contribution in [0.15, 0.2) is 54.6 Å². The van der Waals surface area contributed by atoms with E-state index in [0.29, 0.717) is 0 Å². The van der Waals surface area contributed by atoms with Gasteiger partial charge in [0.25, 0.3) is 0 Å². The molecule has 0 aliphatic heterocycles. The van der Waals surface area contributed by atoms with Crippen LogP contribution in [-0.2, 0) is 6.54 Å². The molecule has 0 unspecified atom stereocenters. The molecule has 0 N–H and O–H groups in total. The van der Waals surface area contributed by atoms with Crippen LogP contribution in [0.3, 0.4) is 0 Å². The molecule has 0 spiro atoms. The van der Waals surface area contributed by atoms with Crippen molar-refractivity contribution in [2.24, 2.45) is 0 Å². The highest BCUT2D eigenvalue weighted by Gasteiger charge is 2.16. The van der Waals surface area contributed by atoms with Gasteiger partial charge >= 0.3 is 16.6 Å². The first-order valence-corrected chi connectivity index (χ1v) is 7.27. The fourth-order valence-electron chi connectivity index (χ4n) is 2.36. The van der Waals surface area contributed by atoms with E-state index in [0.717, 1.165) is 35.1 Å². The molecule has 0 aliphatic rings. The van der Waals surface area contributed by atoms with E-state index in [-0.39, 0.29) is 0 Å². The average Bonchev–Trinajstić information content (AvgIpc) is 2.99. The van der Waals surface area contributed by atoms with Gasteiger partial charge in [0, 0.05) is 12.1 Å². The molecule has 2 aromatic carbocycles. The minimum absolute atomic E-state index is 0.768. The molecular weight excluding hydrogens is 277 g/mol. The Morgan fingerprint density at radius 3 is 2.33 bits per heavy atom. The van der Waals surface area contributed by atoms with Crippen molar-refractivity contribution in [3.05, 3.63) is 54.6 Å². The number of benzene rings is 2. The number of hydrogen-bond acceptors (Lipinski definition) is 3. The number of para-hydroxylation sites is 1. The van der Waals surface area contributed by atoms with Crippen LogP contribution in [0.4, 0.5) is 0 Å². The van der Waals surface area contributed by atoms with Gasteiger partial charge in [0.05, 0.1) is 11.3 Å². The van der Waals surface area contributed by atoms with Crippen molar-refractivity contribution in [2.45, 2.75) is 13.5 Å². The second-order valence-corrected chi connectivity index (χ2v) is 4.81. The van der Waals surface area contributed by atoms with Crippen LogP contribution >= 0.6 is 0 Å². The first-order valence-electron chi connectivity index (χ1n) is 6.80. The highest BCUT2D eigenvalue weighted by Crippen LogP contribution is 2.30. The van der Waals surface area contributed by atoms with Crippen molar-refractivity contribution < 1.29 is 3.79 Å². The van der Waals surface area contributed by atoms with Crippen molar-refractivity contribution in [1.82, 2.24) is 14.8 Å². The summed E-state index contributed by atoms with van der Waals surface area (Å²) < 4.78 is 7.44. The fourth-order valence-corrected chi connectivity index (χ4v) is 2.56. The molecule has 0 bridgehead atoms. The molecule has 0 saturated carbocycles. The molecule has 0 aliphatic carbocycles. The van der Waals surface area contributed by atoms with E-state index in [2.05, 4.69) is 38.3 Å². The maximum atomic E-state index is 5.35. The van der Waals surface area contributed by atoms with Gasteiger partial charge < -0.3 is 8.36 Å². The molecule has 1 aromatic heterocycles. The van der Waals surface area contributed by atoms with Gasteiger partial charge in [-0.1, -0.05) is 42.5 Å². The number of rotatable bonds is 4. The number of aromatic nitrogens is 3. The van der Waals surface area contributed by atoms with Crippen molar-refractivity contribution in [3.63, 3.8) is 0 Å². The van der Waals surface area contributed by atoms with E-state index in [4.69, 9.17) is 3.79 Å². The van der Waals surface area contributed by atoms with E-state index in [1.807, 2.05) is 54.6 Å². The van der Waals surface area contributed by atoms with Gasteiger partial charge in [-0.2, -0.15) is 0 Å². The van der Waals surface area contributed by atoms with E-state index in [1.54, 1.807) is 0 Å². The fraction of sp³-hybridized carbons (Fsp3) is 0.125. The lowest BCUT2D eigenvalue weighted by atomic mass is 10.1. The third-order valence-electron chi connectivity index (χ3n) is 3.35. The Morgan fingerprint density at radius 2 is 1.62 bits per heavy atom. The first kappa shape index (κ1) is 13.9. The lowest BCUT2D eigenvalue weighted by Crippen LogP contribution is -2.01. The molecule has 0 atom stereocenters. The molecule has 0 saturated heterocycles. The molecule has 4 nitrogen and oxygen atoms in total. The Labute approximate surface area is 132 Å². The maximum absolute atomic E-state index is 5.35. The van der Waals surface area contributed by atoms with Crippen LogP contribution in [-0.4, -0.2) is 31.4 Å². The minimum Gasteiger partial charge on any atom is -0.653 e. The molecule has 2 radical (unpaired) electrons. The van der Waals surface area contributed by atoms with Gasteiger partial charge in [-0.15, -0.1) is 10.2 Å². The van der Waals surface area contributed by atoms with Crippen molar-refractivity contribution in [2.75, 3.05) is 0 Å². The topological polar surface area (TPSA) is 39.9 Å². The zero-order valence-electron chi connectivity index (χ0n) is 11.7. The van der Waals surface area contributed by atoms with Crippen molar-refractivity contribution in [1.29, 1.82) is 0 Å². The van der Waals surface area contributed by atoms with Crippen LogP contribution in [0.25, 0.3) is 22.8 Å². The van der Waals surface area contributed by atoms with Crippen LogP contribution in [0.5, 0.6) is 5.75 Å². The van der Waals surface area contributed by atoms with Crippen LogP contribution < -0.4 is 3.79 Å². The first-order chi connectivity index (χ1) is 10.3. The zero-order chi connectivity index (χ0) is 14.7. The van der Waals surface area contributed by atoms with Gasteiger partial charge in [0.1, 0.15) is 0 Å². The summed E-state index contributed by atoms with van der Waals surface area (Å²) in [6.07, 6.45) is 0. The normalized spacial score (nSPS) is 10.5. The molecule has 5 heteroatoms. The SMILES string of the molecule is CCn1c(-c2ccccc2)nnc1-c1ccccc1[O][Al]. The third kappa shape index (κ3) is 2.58. The maximum Gasteiger partial charge on any atom is 0.482 e. The van der Waals surface area contributed by atoms with Gasteiger partial charge in [-0.25, -0.2) is 0 Å². The summed E-state index contributed by atoms with van der Waals surface area (Å²) in [6.45, 7) is 2.88. The predicted octanol–water partition coefficient (Wildman–Crippen LogP) is 3.09. The van der Waals surface area contributed by atoms with Gasteiger partial charge in [-0.05, 0) is 19.1 Å². The summed E-state index contributed by atoms with van der Waals surface area (Å²) >= 11 is 2.28. The van der Waals surface area contributed by atoms with Gasteiger partial charge in [-0.3, -0.25) is 0 Å². The third-order valence-corrected chi connectivity index (χ3v) is 3.61. The van der Waals surface area contributed by atoms with E-state index in [9.17, 15) is 0 Å². The second-order valence-electron chi connectivity index (χ2n) is 4.57. The molecule has 102 valence electrons. The smallest absolute Gasteiger partial charge is 0.482 e. The molecule has 0 amide bonds. The Bertz CT molecular complexity index is 740. The van der Waals surface area contributed by atoms with Crippen molar-refractivity contribution >= 4 is 16.6 Å². The summed E-state index contributed by atoms with van der Waals surface area (Å²) in [5.74, 6) is 2.45. The lowest BCUT2D eigenvalue weighted by Gasteiger charge is -2.11. The highest BCUT2D eigenvalue weighted by atomic mass is 27.1. The zero-order valence-corrected chi connectivity index (χ0v) is 12.9. The van der Waals surface area contributed by atoms with Crippen LogP contribution in [0, 0.1) is 0 Å². The predicted molar refractivity (Wildman–Crippen MR) is 83.0 cm³/mol. The molecule has 3 aromatic rings. The number of nitrogens with zero attached hydrogens (tertiary/aromatic N) is 3. The second kappa shape index (κ2) is 6.13.